The van der Waals surface area contributed by atoms with Gasteiger partial charge in [0, 0.05) is 13.1 Å². The Morgan fingerprint density at radius 2 is 1.60 bits per heavy atom. The van der Waals surface area contributed by atoms with E-state index in [4.69, 9.17) is 4.74 Å². The first kappa shape index (κ1) is 20.8. The van der Waals surface area contributed by atoms with Crippen LogP contribution in [0.5, 0.6) is 5.88 Å². The molecule has 4 rings (SSSR count). The van der Waals surface area contributed by atoms with Gasteiger partial charge in [0.15, 0.2) is 0 Å². The first-order valence-corrected chi connectivity index (χ1v) is 11.7. The van der Waals surface area contributed by atoms with Gasteiger partial charge < -0.3 is 4.74 Å². The molecule has 6 nitrogen and oxygen atoms in total. The van der Waals surface area contributed by atoms with E-state index in [2.05, 4.69) is 30.7 Å². The fourth-order valence-corrected chi connectivity index (χ4v) is 5.10. The molecule has 1 aromatic heterocycles. The molecular formula is C23H27N3O3S. The summed E-state index contributed by atoms with van der Waals surface area (Å²) in [6.45, 7) is 7.19. The van der Waals surface area contributed by atoms with Crippen molar-refractivity contribution in [2.45, 2.75) is 50.0 Å². The number of nitrogens with zero attached hydrogens (tertiary/aromatic N) is 3. The van der Waals surface area contributed by atoms with Crippen molar-refractivity contribution < 1.29 is 13.2 Å². The molecule has 0 amide bonds. The van der Waals surface area contributed by atoms with Gasteiger partial charge in [-0.25, -0.2) is 18.4 Å². The summed E-state index contributed by atoms with van der Waals surface area (Å²) in [5, 5.41) is 0. The van der Waals surface area contributed by atoms with E-state index in [0.29, 0.717) is 36.7 Å². The minimum absolute atomic E-state index is 0.0103. The van der Waals surface area contributed by atoms with Crippen molar-refractivity contribution in [2.24, 2.45) is 0 Å². The summed E-state index contributed by atoms with van der Waals surface area (Å²) in [5.41, 5.74) is 2.71. The third-order valence-electron chi connectivity index (χ3n) is 5.47. The van der Waals surface area contributed by atoms with Crippen LogP contribution in [0.4, 0.5) is 0 Å². The number of hydrogen-bond acceptors (Lipinski definition) is 5. The topological polar surface area (TPSA) is 72.4 Å². The lowest BCUT2D eigenvalue weighted by atomic mass is 9.87. The van der Waals surface area contributed by atoms with E-state index >= 15 is 0 Å². The molecule has 1 fully saturated rings. The largest absolute Gasteiger partial charge is 0.473 e. The molecule has 1 aliphatic heterocycles. The van der Waals surface area contributed by atoms with Gasteiger partial charge in [-0.1, -0.05) is 45.0 Å². The minimum atomic E-state index is -3.50. The van der Waals surface area contributed by atoms with Gasteiger partial charge in [-0.2, -0.15) is 4.31 Å². The normalized spacial score (nSPS) is 16.6. The van der Waals surface area contributed by atoms with Gasteiger partial charge in [-0.05, 0) is 48.1 Å². The summed E-state index contributed by atoms with van der Waals surface area (Å²) >= 11 is 0. The molecule has 0 bridgehead atoms. The molecule has 0 saturated carbocycles. The predicted octanol–water partition coefficient (Wildman–Crippen LogP) is 4.16. The number of benzene rings is 2. The maximum atomic E-state index is 13.0. The first-order valence-electron chi connectivity index (χ1n) is 10.2. The Kier molecular flexibility index (Phi) is 5.51. The van der Waals surface area contributed by atoms with Gasteiger partial charge in [0.2, 0.25) is 15.9 Å². The van der Waals surface area contributed by atoms with Crippen molar-refractivity contribution >= 4 is 21.1 Å². The summed E-state index contributed by atoms with van der Waals surface area (Å²) in [6, 6.07) is 14.9. The molecule has 0 aliphatic carbocycles. The van der Waals surface area contributed by atoms with E-state index in [1.54, 1.807) is 22.6 Å². The van der Waals surface area contributed by atoms with Gasteiger partial charge >= 0.3 is 0 Å². The highest BCUT2D eigenvalue weighted by Crippen LogP contribution is 2.27. The van der Waals surface area contributed by atoms with E-state index in [9.17, 15) is 8.42 Å². The number of sulfonamides is 1. The molecule has 0 spiro atoms. The molecule has 0 atom stereocenters. The molecular weight excluding hydrogens is 398 g/mol. The van der Waals surface area contributed by atoms with Crippen molar-refractivity contribution in [1.82, 2.24) is 14.3 Å². The lowest BCUT2D eigenvalue weighted by Gasteiger charge is -2.31. The van der Waals surface area contributed by atoms with Crippen molar-refractivity contribution in [3.8, 4) is 5.88 Å². The summed E-state index contributed by atoms with van der Waals surface area (Å²) in [4.78, 5) is 9.21. The highest BCUT2D eigenvalue weighted by atomic mass is 32.2. The van der Waals surface area contributed by atoms with Crippen LogP contribution in [0.15, 0.2) is 59.6 Å². The van der Waals surface area contributed by atoms with Crippen LogP contribution in [-0.2, 0) is 15.4 Å². The van der Waals surface area contributed by atoms with Crippen LogP contribution in [0.2, 0.25) is 0 Å². The van der Waals surface area contributed by atoms with E-state index in [1.165, 1.54) is 0 Å². The zero-order valence-corrected chi connectivity index (χ0v) is 18.4. The van der Waals surface area contributed by atoms with Crippen LogP contribution in [0, 0.1) is 0 Å². The predicted molar refractivity (Wildman–Crippen MR) is 117 cm³/mol. The average molecular weight is 426 g/mol. The highest BCUT2D eigenvalue weighted by Gasteiger charge is 2.30. The lowest BCUT2D eigenvalue weighted by Crippen LogP contribution is -2.41. The van der Waals surface area contributed by atoms with E-state index in [-0.39, 0.29) is 11.5 Å². The summed E-state index contributed by atoms with van der Waals surface area (Å²) in [6.07, 6.45) is 2.79. The van der Waals surface area contributed by atoms with Crippen LogP contribution in [0.1, 0.15) is 39.2 Å². The molecule has 158 valence electrons. The van der Waals surface area contributed by atoms with Crippen LogP contribution < -0.4 is 4.74 Å². The molecule has 0 unspecified atom stereocenters. The van der Waals surface area contributed by atoms with Crippen molar-refractivity contribution in [3.63, 3.8) is 0 Å². The fraction of sp³-hybridized carbons (Fsp3) is 0.391. The van der Waals surface area contributed by atoms with Gasteiger partial charge in [0.25, 0.3) is 0 Å². The number of piperidine rings is 1. The van der Waals surface area contributed by atoms with E-state index < -0.39 is 10.0 Å². The van der Waals surface area contributed by atoms with Crippen LogP contribution in [-0.4, -0.2) is 41.9 Å². The van der Waals surface area contributed by atoms with E-state index in [1.807, 2.05) is 36.4 Å². The highest BCUT2D eigenvalue weighted by molar-refractivity contribution is 7.89. The molecule has 1 aliphatic rings. The Hall–Kier alpha value is -2.51. The smallest absolute Gasteiger partial charge is 0.243 e. The van der Waals surface area contributed by atoms with Crippen LogP contribution in [0.3, 0.4) is 0 Å². The second-order valence-electron chi connectivity index (χ2n) is 8.69. The SMILES string of the molecule is CC(C)(C)c1ccc(S(=O)(=O)N2CCC(Oc3cnc4ccccc4n3)CC2)cc1. The number of aromatic nitrogens is 2. The number of rotatable bonds is 4. The summed E-state index contributed by atoms with van der Waals surface area (Å²) < 4.78 is 33.6. The zero-order chi connectivity index (χ0) is 21.4. The number of hydrogen-bond donors (Lipinski definition) is 0. The first-order chi connectivity index (χ1) is 14.2. The molecule has 1 saturated heterocycles. The molecule has 0 N–H and O–H groups in total. The van der Waals surface area contributed by atoms with Gasteiger partial charge in [-0.15, -0.1) is 0 Å². The second kappa shape index (κ2) is 7.96. The molecule has 2 aromatic carbocycles. The second-order valence-corrected chi connectivity index (χ2v) is 10.6. The van der Waals surface area contributed by atoms with Crippen molar-refractivity contribution in [3.05, 3.63) is 60.3 Å². The maximum absolute atomic E-state index is 13.0. The van der Waals surface area contributed by atoms with E-state index in [0.717, 1.165) is 16.6 Å². The molecule has 3 aromatic rings. The number of fused-ring (bicyclic) bond motifs is 1. The molecule has 30 heavy (non-hydrogen) atoms. The van der Waals surface area contributed by atoms with Gasteiger partial charge in [0.1, 0.15) is 6.10 Å². The maximum Gasteiger partial charge on any atom is 0.243 e. The Morgan fingerprint density at radius 1 is 0.967 bits per heavy atom. The minimum Gasteiger partial charge on any atom is -0.473 e. The fourth-order valence-electron chi connectivity index (χ4n) is 3.63. The quantitative estimate of drug-likeness (QED) is 0.628. The average Bonchev–Trinajstić information content (AvgIpc) is 2.73. The Labute approximate surface area is 178 Å². The summed E-state index contributed by atoms with van der Waals surface area (Å²) in [7, 11) is -3.50. The van der Waals surface area contributed by atoms with Crippen LogP contribution >= 0.6 is 0 Å². The monoisotopic (exact) mass is 425 g/mol. The lowest BCUT2D eigenvalue weighted by molar-refractivity contribution is 0.130. The number of ether oxygens (including phenoxy) is 1. The Balaban J connectivity index is 1.40. The van der Waals surface area contributed by atoms with Gasteiger partial charge in [0.05, 0.1) is 22.1 Å². The van der Waals surface area contributed by atoms with Crippen molar-refractivity contribution in [2.75, 3.05) is 13.1 Å². The molecule has 0 radical (unpaired) electrons. The summed E-state index contributed by atoms with van der Waals surface area (Å²) in [5.74, 6) is 0.479. The Morgan fingerprint density at radius 3 is 2.23 bits per heavy atom. The Bertz CT molecular complexity index is 1130. The third-order valence-corrected chi connectivity index (χ3v) is 7.39. The third kappa shape index (κ3) is 4.32. The number of para-hydroxylation sites is 2. The zero-order valence-electron chi connectivity index (χ0n) is 17.6. The standard InChI is InChI=1S/C23H27N3O3S/c1-23(2,3)17-8-10-19(11-9-17)30(27,28)26-14-12-18(13-15-26)29-22-16-24-20-6-4-5-7-21(20)25-22/h4-11,16,18H,12-15H2,1-3H3. The molecule has 7 heteroatoms. The van der Waals surface area contributed by atoms with Crippen molar-refractivity contribution in [1.29, 1.82) is 0 Å². The van der Waals surface area contributed by atoms with Crippen LogP contribution in [0.25, 0.3) is 11.0 Å². The van der Waals surface area contributed by atoms with Gasteiger partial charge in [-0.3, -0.25) is 0 Å². The molecule has 2 heterocycles.